The Morgan fingerprint density at radius 1 is 1.50 bits per heavy atom. The molecule has 0 saturated carbocycles. The third-order valence-corrected chi connectivity index (χ3v) is 2.55. The molecule has 0 atom stereocenters. The van der Waals surface area contributed by atoms with Gasteiger partial charge in [0, 0.05) is 6.21 Å². The van der Waals surface area contributed by atoms with Crippen molar-refractivity contribution >= 4 is 12.3 Å². The highest BCUT2D eigenvalue weighted by Crippen LogP contribution is 2.25. The molecule has 2 aliphatic rings. The summed E-state index contributed by atoms with van der Waals surface area (Å²) in [6.07, 6.45) is 1.50. The lowest BCUT2D eigenvalue weighted by Gasteiger charge is -2.43. The van der Waals surface area contributed by atoms with Gasteiger partial charge in [-0.25, -0.2) is 4.79 Å². The molecule has 0 radical (unpaired) electrons. The summed E-state index contributed by atoms with van der Waals surface area (Å²) in [5, 5.41) is 0. The first-order valence-corrected chi connectivity index (χ1v) is 5.50. The average molecular weight is 226 g/mol. The van der Waals surface area contributed by atoms with E-state index in [4.69, 9.17) is 9.47 Å². The predicted molar refractivity (Wildman–Crippen MR) is 59.8 cm³/mol. The van der Waals surface area contributed by atoms with Gasteiger partial charge in [-0.15, -0.1) is 0 Å². The number of hydrogen-bond acceptors (Lipinski definition) is 4. The van der Waals surface area contributed by atoms with E-state index in [1.54, 1.807) is 11.1 Å². The maximum atomic E-state index is 11.8. The van der Waals surface area contributed by atoms with Crippen molar-refractivity contribution in [2.75, 3.05) is 26.3 Å². The van der Waals surface area contributed by atoms with Crippen molar-refractivity contribution in [3.8, 4) is 0 Å². The van der Waals surface area contributed by atoms with Crippen LogP contribution in [0.25, 0.3) is 0 Å². The second kappa shape index (κ2) is 3.73. The average Bonchev–Trinajstić information content (AvgIpc) is 2.13. The van der Waals surface area contributed by atoms with E-state index in [1.807, 2.05) is 20.8 Å². The van der Waals surface area contributed by atoms with E-state index >= 15 is 0 Å². The molecule has 1 amide bonds. The summed E-state index contributed by atoms with van der Waals surface area (Å²) in [4.78, 5) is 17.9. The van der Waals surface area contributed by atoms with Gasteiger partial charge in [0.05, 0.1) is 26.3 Å². The van der Waals surface area contributed by atoms with Gasteiger partial charge in [0.25, 0.3) is 0 Å². The van der Waals surface area contributed by atoms with Crippen LogP contribution in [0.2, 0.25) is 0 Å². The molecule has 0 N–H and O–H groups in total. The number of carbonyl (C=O) groups excluding carboxylic acids is 1. The monoisotopic (exact) mass is 226 g/mol. The first kappa shape index (κ1) is 11.4. The number of rotatable bonds is 0. The fourth-order valence-electron chi connectivity index (χ4n) is 1.76. The molecule has 0 aromatic carbocycles. The van der Waals surface area contributed by atoms with Crippen LogP contribution < -0.4 is 0 Å². The smallest absolute Gasteiger partial charge is 0.410 e. The molecule has 0 aliphatic carbocycles. The molecule has 2 rings (SSSR count). The van der Waals surface area contributed by atoms with Crippen LogP contribution in [0, 0.1) is 0 Å². The first-order valence-electron chi connectivity index (χ1n) is 5.50. The fraction of sp³-hybridized carbons (Fsp3) is 0.818. The Morgan fingerprint density at radius 3 is 2.69 bits per heavy atom. The van der Waals surface area contributed by atoms with Crippen molar-refractivity contribution in [1.29, 1.82) is 0 Å². The van der Waals surface area contributed by atoms with Gasteiger partial charge >= 0.3 is 6.09 Å². The number of nitrogens with zero attached hydrogens (tertiary/aromatic N) is 2. The van der Waals surface area contributed by atoms with Crippen molar-refractivity contribution in [3.63, 3.8) is 0 Å². The Balaban J connectivity index is 1.96. The third-order valence-electron chi connectivity index (χ3n) is 2.55. The first-order chi connectivity index (χ1) is 7.40. The van der Waals surface area contributed by atoms with Gasteiger partial charge < -0.3 is 14.4 Å². The maximum absolute atomic E-state index is 11.8. The molecule has 2 aliphatic heterocycles. The van der Waals surface area contributed by atoms with E-state index in [0.29, 0.717) is 26.3 Å². The topological polar surface area (TPSA) is 51.1 Å². The molecule has 16 heavy (non-hydrogen) atoms. The van der Waals surface area contributed by atoms with Crippen LogP contribution in [-0.2, 0) is 9.47 Å². The summed E-state index contributed by atoms with van der Waals surface area (Å²) in [6.45, 7) is 7.92. The Bertz CT molecular complexity index is 316. The summed E-state index contributed by atoms with van der Waals surface area (Å²) in [5.41, 5.74) is -0.649. The molecule has 90 valence electrons. The lowest BCUT2D eigenvalue weighted by atomic mass is 9.96. The van der Waals surface area contributed by atoms with Crippen LogP contribution in [0.5, 0.6) is 0 Å². The molecular formula is C11H18N2O3. The van der Waals surface area contributed by atoms with Gasteiger partial charge in [0.15, 0.2) is 0 Å². The van der Waals surface area contributed by atoms with E-state index in [2.05, 4.69) is 4.99 Å². The van der Waals surface area contributed by atoms with Crippen LogP contribution >= 0.6 is 0 Å². The molecule has 1 saturated heterocycles. The molecule has 0 bridgehead atoms. The van der Waals surface area contributed by atoms with E-state index in [9.17, 15) is 4.79 Å². The predicted octanol–water partition coefficient (Wildman–Crippen LogP) is 1.08. The van der Waals surface area contributed by atoms with Crippen molar-refractivity contribution in [1.82, 2.24) is 4.90 Å². The summed E-state index contributed by atoms with van der Waals surface area (Å²) < 4.78 is 10.5. The largest absolute Gasteiger partial charge is 0.444 e. The Labute approximate surface area is 95.4 Å². The SMILES string of the molecule is CC(C)(C)OC(=O)N1CC=NC2(COC2)C1. The lowest BCUT2D eigenvalue weighted by Crippen LogP contribution is -2.59. The summed E-state index contributed by atoms with van der Waals surface area (Å²) in [5.74, 6) is 0. The number of ether oxygens (including phenoxy) is 2. The van der Waals surface area contributed by atoms with Gasteiger partial charge in [-0.1, -0.05) is 0 Å². The van der Waals surface area contributed by atoms with Crippen LogP contribution in [0.4, 0.5) is 4.79 Å². The molecular weight excluding hydrogens is 208 g/mol. The highest BCUT2D eigenvalue weighted by molar-refractivity contribution is 5.74. The Kier molecular flexibility index (Phi) is 2.66. The van der Waals surface area contributed by atoms with E-state index < -0.39 is 5.60 Å². The Morgan fingerprint density at radius 2 is 2.19 bits per heavy atom. The van der Waals surface area contributed by atoms with Crippen molar-refractivity contribution in [2.24, 2.45) is 4.99 Å². The van der Waals surface area contributed by atoms with Crippen molar-refractivity contribution < 1.29 is 14.3 Å². The molecule has 0 aromatic rings. The van der Waals surface area contributed by atoms with E-state index in [1.165, 1.54) is 0 Å². The van der Waals surface area contributed by atoms with Crippen LogP contribution in [0.1, 0.15) is 20.8 Å². The van der Waals surface area contributed by atoms with Gasteiger partial charge in [0.2, 0.25) is 0 Å². The minimum Gasteiger partial charge on any atom is -0.444 e. The second-order valence-corrected chi connectivity index (χ2v) is 5.39. The second-order valence-electron chi connectivity index (χ2n) is 5.39. The van der Waals surface area contributed by atoms with Gasteiger partial charge in [-0.3, -0.25) is 4.99 Å². The third kappa shape index (κ3) is 2.35. The molecule has 5 heteroatoms. The molecule has 1 fully saturated rings. The van der Waals surface area contributed by atoms with Gasteiger partial charge in [-0.2, -0.15) is 0 Å². The number of carbonyl (C=O) groups is 1. The maximum Gasteiger partial charge on any atom is 0.410 e. The van der Waals surface area contributed by atoms with Crippen molar-refractivity contribution in [2.45, 2.75) is 31.9 Å². The minimum atomic E-state index is -0.449. The minimum absolute atomic E-state index is 0.199. The summed E-state index contributed by atoms with van der Waals surface area (Å²) >= 11 is 0. The molecule has 5 nitrogen and oxygen atoms in total. The molecule has 2 heterocycles. The Hall–Kier alpha value is -1.10. The molecule has 0 aromatic heterocycles. The fourth-order valence-corrected chi connectivity index (χ4v) is 1.76. The number of aliphatic imine (C=N–C) groups is 1. The van der Waals surface area contributed by atoms with Crippen molar-refractivity contribution in [3.05, 3.63) is 0 Å². The van der Waals surface area contributed by atoms with Crippen LogP contribution in [0.15, 0.2) is 4.99 Å². The number of amides is 1. The standard InChI is InChI=1S/C11H18N2O3/c1-10(2,3)16-9(14)13-5-4-12-11(6-13)7-15-8-11/h4H,5-8H2,1-3H3. The zero-order valence-electron chi connectivity index (χ0n) is 10.0. The van der Waals surface area contributed by atoms with Gasteiger partial charge in [-0.05, 0) is 20.8 Å². The summed E-state index contributed by atoms with van der Waals surface area (Å²) in [6, 6.07) is 0. The zero-order valence-corrected chi connectivity index (χ0v) is 10.0. The molecule has 0 unspecified atom stereocenters. The van der Waals surface area contributed by atoms with Crippen LogP contribution in [-0.4, -0.2) is 54.7 Å². The van der Waals surface area contributed by atoms with Crippen LogP contribution in [0.3, 0.4) is 0 Å². The highest BCUT2D eigenvalue weighted by Gasteiger charge is 2.43. The van der Waals surface area contributed by atoms with E-state index in [-0.39, 0.29) is 11.6 Å². The zero-order chi connectivity index (χ0) is 11.8. The highest BCUT2D eigenvalue weighted by atomic mass is 16.6. The lowest BCUT2D eigenvalue weighted by molar-refractivity contribution is -0.0695. The normalized spacial score (nSPS) is 23.1. The molecule has 1 spiro atoms. The number of hydrogen-bond donors (Lipinski definition) is 0. The summed E-state index contributed by atoms with van der Waals surface area (Å²) in [7, 11) is 0. The van der Waals surface area contributed by atoms with Gasteiger partial charge in [0.1, 0.15) is 11.1 Å². The quantitative estimate of drug-likeness (QED) is 0.621. The van der Waals surface area contributed by atoms with E-state index in [0.717, 1.165) is 0 Å².